The number of hydrogen-bond donors (Lipinski definition) is 0. The molecule has 0 fully saturated rings. The Bertz CT molecular complexity index is 537. The van der Waals surface area contributed by atoms with E-state index in [2.05, 4.69) is 4.98 Å². The molecule has 0 aliphatic heterocycles. The van der Waals surface area contributed by atoms with Crippen molar-refractivity contribution in [3.63, 3.8) is 0 Å². The van der Waals surface area contributed by atoms with Gasteiger partial charge in [-0.05, 0) is 19.1 Å². The second-order valence-corrected chi connectivity index (χ2v) is 4.65. The number of carbonyl (C=O) groups is 1. The Morgan fingerprint density at radius 3 is 2.89 bits per heavy atom. The molecule has 18 heavy (non-hydrogen) atoms. The number of aromatic nitrogens is 1. The number of Topliss-reactive ketones (excluding diaryl/α,β-unsaturated/α-hetero) is 1. The van der Waals surface area contributed by atoms with Crippen LogP contribution < -0.4 is 9.47 Å². The van der Waals surface area contributed by atoms with Gasteiger partial charge in [0, 0.05) is 12.3 Å². The maximum atomic E-state index is 11.5. The fourth-order valence-corrected chi connectivity index (χ4v) is 2.01. The molecule has 0 atom stereocenters. The molecule has 0 saturated carbocycles. The van der Waals surface area contributed by atoms with E-state index >= 15 is 0 Å². The predicted octanol–water partition coefficient (Wildman–Crippen LogP) is 2.93. The van der Waals surface area contributed by atoms with Crippen LogP contribution in [0.3, 0.4) is 0 Å². The van der Waals surface area contributed by atoms with E-state index < -0.39 is 0 Å². The molecule has 0 aliphatic carbocycles. The van der Waals surface area contributed by atoms with Crippen LogP contribution in [0.15, 0.2) is 29.9 Å². The fraction of sp³-hybridized carbons (Fsp3) is 0.231. The van der Waals surface area contributed by atoms with Crippen molar-refractivity contribution < 1.29 is 14.3 Å². The van der Waals surface area contributed by atoms with Gasteiger partial charge in [0.25, 0.3) is 0 Å². The molecule has 0 radical (unpaired) electrons. The number of methoxy groups -OCH3 is 1. The number of nitrogens with zero attached hydrogens (tertiary/aromatic N) is 1. The first kappa shape index (κ1) is 12.6. The topological polar surface area (TPSA) is 48.4 Å². The minimum absolute atomic E-state index is 0.0306. The normalized spacial score (nSPS) is 10.1. The molecule has 0 amide bonds. The van der Waals surface area contributed by atoms with Crippen LogP contribution in [-0.4, -0.2) is 17.9 Å². The summed E-state index contributed by atoms with van der Waals surface area (Å²) in [5, 5.41) is 0. The molecular weight excluding hydrogens is 250 g/mol. The van der Waals surface area contributed by atoms with Gasteiger partial charge in [-0.2, -0.15) is 0 Å². The Morgan fingerprint density at radius 1 is 1.44 bits per heavy atom. The van der Waals surface area contributed by atoms with E-state index in [4.69, 9.17) is 9.47 Å². The van der Waals surface area contributed by atoms with Gasteiger partial charge >= 0.3 is 0 Å². The lowest BCUT2D eigenvalue weighted by Gasteiger charge is -2.10. The highest BCUT2D eigenvalue weighted by molar-refractivity contribution is 7.09. The summed E-state index contributed by atoms with van der Waals surface area (Å²) in [6, 6.07) is 5.18. The third-order valence-electron chi connectivity index (χ3n) is 2.42. The third-order valence-corrected chi connectivity index (χ3v) is 3.17. The number of rotatable bonds is 5. The van der Waals surface area contributed by atoms with Gasteiger partial charge in [-0.25, -0.2) is 0 Å². The summed E-state index contributed by atoms with van der Waals surface area (Å²) in [5.41, 5.74) is 2.30. The maximum absolute atomic E-state index is 11.5. The number of carbonyl (C=O) groups excluding carboxylic acids is 1. The highest BCUT2D eigenvalue weighted by Crippen LogP contribution is 2.26. The van der Waals surface area contributed by atoms with Crippen molar-refractivity contribution >= 4 is 17.1 Å². The standard InChI is InChI=1S/C13H13NO3S/c1-9(15)12-4-3-10(16-2)5-13(12)17-7-11-6-14-8-18-11/h3-6,8H,7H2,1-2H3. The number of thiazole rings is 1. The highest BCUT2D eigenvalue weighted by atomic mass is 32.1. The predicted molar refractivity (Wildman–Crippen MR) is 69.4 cm³/mol. The largest absolute Gasteiger partial charge is 0.497 e. The molecule has 0 unspecified atom stereocenters. The monoisotopic (exact) mass is 263 g/mol. The lowest BCUT2D eigenvalue weighted by Crippen LogP contribution is -2.01. The van der Waals surface area contributed by atoms with Gasteiger partial charge in [0.1, 0.15) is 18.1 Å². The van der Waals surface area contributed by atoms with Gasteiger partial charge in [-0.1, -0.05) is 0 Å². The van der Waals surface area contributed by atoms with Gasteiger partial charge < -0.3 is 9.47 Å². The van der Waals surface area contributed by atoms with Crippen molar-refractivity contribution in [2.45, 2.75) is 13.5 Å². The van der Waals surface area contributed by atoms with E-state index in [1.807, 2.05) is 0 Å². The Hall–Kier alpha value is -1.88. The Kier molecular flexibility index (Phi) is 3.94. The summed E-state index contributed by atoms with van der Waals surface area (Å²) in [5.74, 6) is 1.17. The average molecular weight is 263 g/mol. The lowest BCUT2D eigenvalue weighted by atomic mass is 10.1. The summed E-state index contributed by atoms with van der Waals surface area (Å²) in [4.78, 5) is 16.5. The van der Waals surface area contributed by atoms with Crippen molar-refractivity contribution in [2.75, 3.05) is 7.11 Å². The summed E-state index contributed by atoms with van der Waals surface area (Å²) < 4.78 is 10.8. The van der Waals surface area contributed by atoms with E-state index in [-0.39, 0.29) is 5.78 Å². The van der Waals surface area contributed by atoms with Crippen LogP contribution in [0.25, 0.3) is 0 Å². The van der Waals surface area contributed by atoms with Crippen LogP contribution in [0.2, 0.25) is 0 Å². The molecule has 0 aliphatic rings. The van der Waals surface area contributed by atoms with Gasteiger partial charge in [0.05, 0.1) is 23.1 Å². The van der Waals surface area contributed by atoms with E-state index in [1.54, 1.807) is 37.0 Å². The van der Waals surface area contributed by atoms with Crippen molar-refractivity contribution in [1.82, 2.24) is 4.98 Å². The average Bonchev–Trinajstić information content (AvgIpc) is 2.88. The highest BCUT2D eigenvalue weighted by Gasteiger charge is 2.10. The molecule has 1 aromatic carbocycles. The van der Waals surface area contributed by atoms with Crippen LogP contribution in [-0.2, 0) is 6.61 Å². The number of ether oxygens (including phenoxy) is 2. The van der Waals surface area contributed by atoms with E-state index in [0.29, 0.717) is 23.7 Å². The Morgan fingerprint density at radius 2 is 2.28 bits per heavy atom. The second kappa shape index (κ2) is 5.64. The Balaban J connectivity index is 2.20. The number of ketones is 1. The van der Waals surface area contributed by atoms with Crippen LogP contribution in [0, 0.1) is 0 Å². The molecule has 5 heteroatoms. The molecule has 1 heterocycles. The Labute approximate surface area is 109 Å². The van der Waals surface area contributed by atoms with Crippen molar-refractivity contribution in [3.05, 3.63) is 40.3 Å². The first-order chi connectivity index (χ1) is 8.70. The SMILES string of the molecule is COc1ccc(C(C)=O)c(OCc2cncs2)c1. The fourth-order valence-electron chi connectivity index (χ4n) is 1.50. The molecular formula is C13H13NO3S. The molecule has 0 spiro atoms. The first-order valence-corrected chi connectivity index (χ1v) is 6.28. The summed E-state index contributed by atoms with van der Waals surface area (Å²) >= 11 is 1.51. The molecule has 2 rings (SSSR count). The number of benzene rings is 1. The summed E-state index contributed by atoms with van der Waals surface area (Å²) in [7, 11) is 1.58. The second-order valence-electron chi connectivity index (χ2n) is 3.67. The van der Waals surface area contributed by atoms with E-state index in [9.17, 15) is 4.79 Å². The van der Waals surface area contributed by atoms with Crippen molar-refractivity contribution in [3.8, 4) is 11.5 Å². The van der Waals surface area contributed by atoms with Gasteiger partial charge in [-0.3, -0.25) is 9.78 Å². The first-order valence-electron chi connectivity index (χ1n) is 5.40. The summed E-state index contributed by atoms with van der Waals surface area (Å²) in [6.45, 7) is 1.92. The third kappa shape index (κ3) is 2.87. The quantitative estimate of drug-likeness (QED) is 0.778. The zero-order valence-corrected chi connectivity index (χ0v) is 11.0. The molecule has 4 nitrogen and oxygen atoms in total. The zero-order valence-electron chi connectivity index (χ0n) is 10.2. The van der Waals surface area contributed by atoms with Crippen LogP contribution in [0.5, 0.6) is 11.5 Å². The molecule has 0 N–H and O–H groups in total. The molecule has 94 valence electrons. The minimum atomic E-state index is -0.0306. The van der Waals surface area contributed by atoms with E-state index in [0.717, 1.165) is 4.88 Å². The van der Waals surface area contributed by atoms with Crippen LogP contribution in [0.4, 0.5) is 0 Å². The van der Waals surface area contributed by atoms with Crippen molar-refractivity contribution in [2.24, 2.45) is 0 Å². The summed E-state index contributed by atoms with van der Waals surface area (Å²) in [6.07, 6.45) is 1.75. The van der Waals surface area contributed by atoms with Crippen LogP contribution >= 0.6 is 11.3 Å². The molecule has 0 saturated heterocycles. The number of hydrogen-bond acceptors (Lipinski definition) is 5. The van der Waals surface area contributed by atoms with E-state index in [1.165, 1.54) is 18.3 Å². The van der Waals surface area contributed by atoms with Gasteiger partial charge in [0.15, 0.2) is 5.78 Å². The zero-order chi connectivity index (χ0) is 13.0. The van der Waals surface area contributed by atoms with Gasteiger partial charge in [-0.15, -0.1) is 11.3 Å². The maximum Gasteiger partial charge on any atom is 0.163 e. The molecule has 1 aromatic heterocycles. The van der Waals surface area contributed by atoms with Gasteiger partial charge in [0.2, 0.25) is 0 Å². The van der Waals surface area contributed by atoms with Crippen LogP contribution in [0.1, 0.15) is 22.2 Å². The minimum Gasteiger partial charge on any atom is -0.497 e. The smallest absolute Gasteiger partial charge is 0.163 e. The molecule has 0 bridgehead atoms. The molecule has 2 aromatic rings. The van der Waals surface area contributed by atoms with Crippen molar-refractivity contribution in [1.29, 1.82) is 0 Å². The lowest BCUT2D eigenvalue weighted by molar-refractivity contribution is 0.101.